The van der Waals surface area contributed by atoms with Gasteiger partial charge in [0, 0.05) is 54.8 Å². The van der Waals surface area contributed by atoms with Crippen LogP contribution in [-0.2, 0) is 16.0 Å². The fraction of sp³-hybridized carbons (Fsp3) is 0.565. The van der Waals surface area contributed by atoms with Crippen LogP contribution in [0.1, 0.15) is 49.7 Å². The van der Waals surface area contributed by atoms with E-state index in [1.807, 2.05) is 4.90 Å². The van der Waals surface area contributed by atoms with Gasteiger partial charge in [-0.05, 0) is 33.6 Å². The summed E-state index contributed by atoms with van der Waals surface area (Å²) in [6.45, 7) is 6.43. The molecule has 0 saturated carbocycles. The summed E-state index contributed by atoms with van der Waals surface area (Å²) < 4.78 is 25.9. The second kappa shape index (κ2) is 9.14. The highest BCUT2D eigenvalue weighted by Crippen LogP contribution is 2.36. The van der Waals surface area contributed by atoms with E-state index in [1.165, 1.54) is 25.3 Å². The van der Waals surface area contributed by atoms with Crippen LogP contribution >= 0.6 is 11.6 Å². The van der Waals surface area contributed by atoms with E-state index in [4.69, 9.17) is 21.1 Å². The lowest BCUT2D eigenvalue weighted by Gasteiger charge is -2.35. The first kappa shape index (κ1) is 24.4. The molecule has 34 heavy (non-hydrogen) atoms. The number of anilines is 1. The third-order valence-corrected chi connectivity index (χ3v) is 6.28. The summed E-state index contributed by atoms with van der Waals surface area (Å²) in [5.74, 6) is -1.07. The molecule has 2 unspecified atom stereocenters. The van der Waals surface area contributed by atoms with Crippen LogP contribution in [0.15, 0.2) is 6.20 Å². The van der Waals surface area contributed by atoms with Crippen molar-refractivity contribution in [3.8, 4) is 0 Å². The zero-order valence-electron chi connectivity index (χ0n) is 19.9. The van der Waals surface area contributed by atoms with Gasteiger partial charge in [0.25, 0.3) is 0 Å². The summed E-state index contributed by atoms with van der Waals surface area (Å²) in [6.07, 6.45) is 2.92. The van der Waals surface area contributed by atoms with Crippen LogP contribution in [0.2, 0.25) is 5.15 Å². The molecule has 2 fully saturated rings. The van der Waals surface area contributed by atoms with Gasteiger partial charge in [0.2, 0.25) is 0 Å². The quantitative estimate of drug-likeness (QED) is 0.510. The molecule has 2 aliphatic rings. The van der Waals surface area contributed by atoms with E-state index in [-0.39, 0.29) is 28.3 Å². The van der Waals surface area contributed by atoms with Gasteiger partial charge >= 0.3 is 12.1 Å². The normalized spacial score (nSPS) is 19.9. The number of halogens is 2. The molecular weight excluding hydrogens is 465 g/mol. The van der Waals surface area contributed by atoms with E-state index in [1.54, 1.807) is 20.8 Å². The van der Waals surface area contributed by atoms with Crippen molar-refractivity contribution in [1.29, 1.82) is 0 Å². The predicted molar refractivity (Wildman–Crippen MR) is 126 cm³/mol. The summed E-state index contributed by atoms with van der Waals surface area (Å²) in [5.41, 5.74) is -0.618. The van der Waals surface area contributed by atoms with Gasteiger partial charge in [-0.1, -0.05) is 11.6 Å². The minimum atomic E-state index is -0.779. The number of pyridine rings is 2. The molecule has 1 amide bonds. The van der Waals surface area contributed by atoms with Crippen molar-refractivity contribution in [2.75, 3.05) is 32.1 Å². The summed E-state index contributed by atoms with van der Waals surface area (Å²) in [4.78, 5) is 37.4. The maximum atomic E-state index is 15.5. The molecule has 1 N–H and O–H groups in total. The topological polar surface area (TPSA) is 96.9 Å². The van der Waals surface area contributed by atoms with E-state index in [0.717, 1.165) is 12.8 Å². The standard InChI is InChI=1S/C23H29ClFN5O4/c1-23(2,3)34-22(32)29(4)11-15-16-14(8-26-19(24)17(16)25)20(28-18(15)21(31)33-5)30-9-12-6-7-13(10-30)27-12/h8,12-13,27H,6-7,9-11H2,1-5H3. The number of aromatic nitrogens is 2. The number of fused-ring (bicyclic) bond motifs is 3. The number of carbonyl (C=O) groups is 2. The molecule has 2 bridgehead atoms. The monoisotopic (exact) mass is 493 g/mol. The lowest BCUT2D eigenvalue weighted by atomic mass is 10.0. The number of hydrogen-bond acceptors (Lipinski definition) is 8. The molecule has 11 heteroatoms. The molecule has 2 aliphatic heterocycles. The van der Waals surface area contributed by atoms with Crippen LogP contribution in [0, 0.1) is 5.82 Å². The number of hydrogen-bond donors (Lipinski definition) is 1. The zero-order valence-corrected chi connectivity index (χ0v) is 20.7. The van der Waals surface area contributed by atoms with Crippen molar-refractivity contribution in [3.05, 3.63) is 28.4 Å². The predicted octanol–water partition coefficient (Wildman–Crippen LogP) is 3.52. The Labute approximate surface area is 202 Å². The molecule has 0 spiro atoms. The van der Waals surface area contributed by atoms with E-state index >= 15 is 4.39 Å². The first-order valence-electron chi connectivity index (χ1n) is 11.2. The number of rotatable bonds is 4. The number of nitrogens with one attached hydrogen (secondary N) is 1. The van der Waals surface area contributed by atoms with E-state index in [9.17, 15) is 9.59 Å². The van der Waals surface area contributed by atoms with Crippen molar-refractivity contribution < 1.29 is 23.5 Å². The number of piperazine rings is 1. The highest BCUT2D eigenvalue weighted by Gasteiger charge is 2.35. The molecule has 2 atom stereocenters. The first-order chi connectivity index (χ1) is 16.0. The fourth-order valence-electron chi connectivity index (χ4n) is 4.55. The lowest BCUT2D eigenvalue weighted by Crippen LogP contribution is -2.51. The van der Waals surface area contributed by atoms with Crippen LogP contribution in [-0.4, -0.2) is 71.9 Å². The van der Waals surface area contributed by atoms with Gasteiger partial charge < -0.3 is 24.6 Å². The van der Waals surface area contributed by atoms with Gasteiger partial charge in [-0.3, -0.25) is 0 Å². The van der Waals surface area contributed by atoms with Gasteiger partial charge in [-0.2, -0.15) is 0 Å². The summed E-state index contributed by atoms with van der Waals surface area (Å²) in [7, 11) is 2.74. The molecule has 0 aliphatic carbocycles. The third kappa shape index (κ3) is 4.74. The molecule has 184 valence electrons. The molecule has 9 nitrogen and oxygen atoms in total. The van der Waals surface area contributed by atoms with Crippen molar-refractivity contribution in [1.82, 2.24) is 20.2 Å². The second-order valence-electron chi connectivity index (χ2n) is 9.79. The number of nitrogens with zero attached hydrogens (tertiary/aromatic N) is 4. The lowest BCUT2D eigenvalue weighted by molar-refractivity contribution is 0.0282. The third-order valence-electron chi connectivity index (χ3n) is 6.02. The van der Waals surface area contributed by atoms with Crippen molar-refractivity contribution in [2.24, 2.45) is 0 Å². The second-order valence-corrected chi connectivity index (χ2v) is 10.1. The smallest absolute Gasteiger partial charge is 0.410 e. The molecule has 2 saturated heterocycles. The van der Waals surface area contributed by atoms with Crippen molar-refractivity contribution in [3.63, 3.8) is 0 Å². The van der Waals surface area contributed by atoms with Gasteiger partial charge in [-0.15, -0.1) is 0 Å². The fourth-order valence-corrected chi connectivity index (χ4v) is 4.70. The average molecular weight is 494 g/mol. The molecular formula is C23H29ClFN5O4. The molecule has 2 aromatic rings. The van der Waals surface area contributed by atoms with Crippen molar-refractivity contribution in [2.45, 2.75) is 57.8 Å². The summed E-state index contributed by atoms with van der Waals surface area (Å²) in [5, 5.41) is 3.72. The van der Waals surface area contributed by atoms with Crippen LogP contribution in [0.25, 0.3) is 10.8 Å². The molecule has 0 radical (unpaired) electrons. The van der Waals surface area contributed by atoms with Gasteiger partial charge in [0.05, 0.1) is 13.7 Å². The Morgan fingerprint density at radius 3 is 2.53 bits per heavy atom. The molecule has 0 aromatic carbocycles. The molecule has 4 heterocycles. The van der Waals surface area contributed by atoms with Gasteiger partial charge in [0.1, 0.15) is 11.4 Å². The number of carbonyl (C=O) groups excluding carboxylic acids is 2. The minimum absolute atomic E-state index is 0.0764. The minimum Gasteiger partial charge on any atom is -0.464 e. The number of amides is 1. The van der Waals surface area contributed by atoms with E-state index in [2.05, 4.69) is 15.3 Å². The largest absolute Gasteiger partial charge is 0.464 e. The first-order valence-corrected chi connectivity index (χ1v) is 11.6. The zero-order chi connectivity index (χ0) is 24.8. The Morgan fingerprint density at radius 1 is 1.29 bits per heavy atom. The van der Waals surface area contributed by atoms with Crippen LogP contribution < -0.4 is 10.2 Å². The van der Waals surface area contributed by atoms with Crippen LogP contribution in [0.4, 0.5) is 15.0 Å². The number of esters is 1. The highest BCUT2D eigenvalue weighted by molar-refractivity contribution is 6.30. The molecule has 4 rings (SSSR count). The molecule has 2 aromatic heterocycles. The maximum absolute atomic E-state index is 15.5. The summed E-state index contributed by atoms with van der Waals surface area (Å²) >= 11 is 6.05. The Balaban J connectivity index is 1.86. The van der Waals surface area contributed by atoms with Crippen LogP contribution in [0.5, 0.6) is 0 Å². The Kier molecular flexibility index (Phi) is 6.56. The Morgan fingerprint density at radius 2 is 1.94 bits per heavy atom. The van der Waals surface area contributed by atoms with Crippen molar-refractivity contribution >= 4 is 40.3 Å². The van der Waals surface area contributed by atoms with Crippen LogP contribution in [0.3, 0.4) is 0 Å². The number of methoxy groups -OCH3 is 1. The maximum Gasteiger partial charge on any atom is 0.410 e. The average Bonchev–Trinajstić information content (AvgIpc) is 3.11. The van der Waals surface area contributed by atoms with E-state index < -0.39 is 23.5 Å². The Bertz CT molecular complexity index is 1130. The van der Waals surface area contributed by atoms with Gasteiger partial charge in [-0.25, -0.2) is 23.9 Å². The summed E-state index contributed by atoms with van der Waals surface area (Å²) in [6, 6.07) is 0.584. The van der Waals surface area contributed by atoms with E-state index in [0.29, 0.717) is 36.4 Å². The number of ether oxygens (including phenoxy) is 2. The SMILES string of the molecule is COC(=O)c1nc(N2CC3CCC(C2)N3)c2cnc(Cl)c(F)c2c1CN(C)C(=O)OC(C)(C)C. The Hall–Kier alpha value is -2.72. The highest BCUT2D eigenvalue weighted by atomic mass is 35.5. The van der Waals surface area contributed by atoms with Gasteiger partial charge in [0.15, 0.2) is 16.7 Å².